The van der Waals surface area contributed by atoms with Crippen LogP contribution in [0.3, 0.4) is 0 Å². The molecule has 43 heavy (non-hydrogen) atoms. The standard InChI is InChI=1S/C34H46FN3O5/c1-24(2)22-41-29-12-8-27(9-13-29)21-38-31(20-26-6-10-28(35)11-7-26)34(43-33(38)40)14-18-36(19-15-34)16-5-17-37-30(25(3)4)23-42-32(37)39/h6-13,24-25,30-31H,5,14-23H2,1-4H3/t30-,31?/m1/s1. The van der Waals surface area contributed by atoms with E-state index in [1.165, 1.54) is 12.1 Å². The van der Waals surface area contributed by atoms with Gasteiger partial charge in [-0.3, -0.25) is 4.90 Å². The van der Waals surface area contributed by atoms with Crippen molar-refractivity contribution in [3.63, 3.8) is 0 Å². The van der Waals surface area contributed by atoms with E-state index in [4.69, 9.17) is 14.2 Å². The van der Waals surface area contributed by atoms with Crippen LogP contribution in [0.5, 0.6) is 5.75 Å². The van der Waals surface area contributed by atoms with Crippen molar-refractivity contribution in [1.29, 1.82) is 0 Å². The summed E-state index contributed by atoms with van der Waals surface area (Å²) in [6.45, 7) is 13.2. The van der Waals surface area contributed by atoms with Gasteiger partial charge in [-0.25, -0.2) is 14.0 Å². The van der Waals surface area contributed by atoms with E-state index in [0.29, 0.717) is 44.6 Å². The first kappa shape index (κ1) is 31.1. The van der Waals surface area contributed by atoms with Gasteiger partial charge in [0, 0.05) is 39.0 Å². The Hall–Kier alpha value is -3.33. The first-order chi connectivity index (χ1) is 20.6. The molecule has 0 radical (unpaired) electrons. The van der Waals surface area contributed by atoms with E-state index in [2.05, 4.69) is 32.6 Å². The fourth-order valence-electron chi connectivity index (χ4n) is 6.51. The van der Waals surface area contributed by atoms with Crippen LogP contribution in [0.15, 0.2) is 48.5 Å². The largest absolute Gasteiger partial charge is 0.493 e. The number of rotatable bonds is 12. The van der Waals surface area contributed by atoms with Crippen LogP contribution in [0, 0.1) is 17.7 Å². The van der Waals surface area contributed by atoms with Gasteiger partial charge in [0.25, 0.3) is 0 Å². The van der Waals surface area contributed by atoms with E-state index in [1.807, 2.05) is 34.1 Å². The van der Waals surface area contributed by atoms with Crippen molar-refractivity contribution in [2.24, 2.45) is 11.8 Å². The number of likely N-dealkylation sites (tertiary alicyclic amines) is 1. The second-order valence-electron chi connectivity index (χ2n) is 13.0. The van der Waals surface area contributed by atoms with Crippen LogP contribution in [-0.4, -0.2) is 84.0 Å². The van der Waals surface area contributed by atoms with Gasteiger partial charge < -0.3 is 24.0 Å². The second kappa shape index (κ2) is 13.5. The number of carbonyl (C=O) groups excluding carboxylic acids is 2. The molecule has 2 amide bonds. The zero-order valence-corrected chi connectivity index (χ0v) is 26.0. The third-order valence-corrected chi connectivity index (χ3v) is 9.07. The van der Waals surface area contributed by atoms with Crippen LogP contribution in [0.1, 0.15) is 58.1 Å². The smallest absolute Gasteiger partial charge is 0.411 e. The fraction of sp³-hybridized carbons (Fsp3) is 0.588. The highest BCUT2D eigenvalue weighted by Gasteiger charge is 2.54. The number of halogens is 1. The number of ether oxygens (including phenoxy) is 3. The van der Waals surface area contributed by atoms with Crippen LogP contribution < -0.4 is 4.74 Å². The normalized spacial score (nSPS) is 22.1. The molecule has 2 aromatic carbocycles. The maximum absolute atomic E-state index is 13.7. The first-order valence-electron chi connectivity index (χ1n) is 15.7. The average molecular weight is 596 g/mol. The monoisotopic (exact) mass is 595 g/mol. The van der Waals surface area contributed by atoms with Crippen LogP contribution in [0.2, 0.25) is 0 Å². The molecular weight excluding hydrogens is 549 g/mol. The summed E-state index contributed by atoms with van der Waals surface area (Å²) >= 11 is 0. The highest BCUT2D eigenvalue weighted by molar-refractivity contribution is 5.72. The average Bonchev–Trinajstić information content (AvgIpc) is 3.47. The van der Waals surface area contributed by atoms with E-state index in [9.17, 15) is 14.0 Å². The Bertz CT molecular complexity index is 1230. The summed E-state index contributed by atoms with van der Waals surface area (Å²) in [6.07, 6.45) is 2.40. The number of hydrogen-bond acceptors (Lipinski definition) is 6. The van der Waals surface area contributed by atoms with Gasteiger partial charge in [0.05, 0.1) is 18.7 Å². The molecule has 3 fully saturated rings. The Morgan fingerprint density at radius 3 is 2.23 bits per heavy atom. The molecule has 3 saturated heterocycles. The minimum absolute atomic E-state index is 0.136. The summed E-state index contributed by atoms with van der Waals surface area (Å²) in [5, 5.41) is 0. The number of piperidine rings is 1. The Morgan fingerprint density at radius 2 is 1.58 bits per heavy atom. The van der Waals surface area contributed by atoms with Gasteiger partial charge in [0.2, 0.25) is 0 Å². The summed E-state index contributed by atoms with van der Waals surface area (Å²) in [6, 6.07) is 14.4. The number of nitrogens with zero attached hydrogens (tertiary/aromatic N) is 3. The zero-order valence-electron chi connectivity index (χ0n) is 26.0. The maximum atomic E-state index is 13.7. The molecule has 0 N–H and O–H groups in total. The molecule has 234 valence electrons. The molecule has 3 aliphatic rings. The SMILES string of the molecule is CC(C)COc1ccc(CN2C(=O)OC3(CCN(CCCN4C(=O)OC[C@@H]4C(C)C)CC3)C2Cc2ccc(F)cc2)cc1. The molecule has 2 aromatic rings. The first-order valence-corrected chi connectivity index (χ1v) is 15.7. The van der Waals surface area contributed by atoms with Gasteiger partial charge in [-0.2, -0.15) is 0 Å². The summed E-state index contributed by atoms with van der Waals surface area (Å²) in [5.74, 6) is 1.34. The van der Waals surface area contributed by atoms with Crippen molar-refractivity contribution < 1.29 is 28.2 Å². The predicted molar refractivity (Wildman–Crippen MR) is 162 cm³/mol. The van der Waals surface area contributed by atoms with Crippen LogP contribution >= 0.6 is 0 Å². The van der Waals surface area contributed by atoms with Gasteiger partial charge in [0.15, 0.2) is 0 Å². The third-order valence-electron chi connectivity index (χ3n) is 9.07. The Balaban J connectivity index is 1.24. The fourth-order valence-corrected chi connectivity index (χ4v) is 6.51. The highest BCUT2D eigenvalue weighted by atomic mass is 19.1. The van der Waals surface area contributed by atoms with E-state index in [1.54, 1.807) is 12.1 Å². The lowest BCUT2D eigenvalue weighted by molar-refractivity contribution is -0.0221. The predicted octanol–water partition coefficient (Wildman–Crippen LogP) is 6.13. The molecule has 9 heteroatoms. The summed E-state index contributed by atoms with van der Waals surface area (Å²) < 4.78 is 31.1. The molecule has 8 nitrogen and oxygen atoms in total. The number of hydrogen-bond donors (Lipinski definition) is 0. The minimum Gasteiger partial charge on any atom is -0.493 e. The Kier molecular flexibility index (Phi) is 9.79. The number of amides is 2. The number of cyclic esters (lactones) is 1. The zero-order chi connectivity index (χ0) is 30.6. The van der Waals surface area contributed by atoms with Crippen LogP contribution in [-0.2, 0) is 22.4 Å². The van der Waals surface area contributed by atoms with Crippen LogP contribution in [0.25, 0.3) is 0 Å². The summed E-state index contributed by atoms with van der Waals surface area (Å²) in [7, 11) is 0. The van der Waals surface area contributed by atoms with Gasteiger partial charge in [0.1, 0.15) is 23.8 Å². The highest BCUT2D eigenvalue weighted by Crippen LogP contribution is 2.41. The molecule has 3 aliphatic heterocycles. The molecule has 1 spiro atoms. The van der Waals surface area contributed by atoms with Gasteiger partial charge in [-0.15, -0.1) is 0 Å². The second-order valence-corrected chi connectivity index (χ2v) is 13.0. The van der Waals surface area contributed by atoms with Crippen molar-refractivity contribution in [2.75, 3.05) is 39.4 Å². The number of carbonyl (C=O) groups is 2. The Morgan fingerprint density at radius 1 is 0.907 bits per heavy atom. The molecule has 2 atom stereocenters. The molecule has 0 aromatic heterocycles. The van der Waals surface area contributed by atoms with Crippen molar-refractivity contribution in [3.8, 4) is 5.75 Å². The maximum Gasteiger partial charge on any atom is 0.411 e. The molecule has 3 heterocycles. The Labute approximate surface area is 255 Å². The third kappa shape index (κ3) is 7.43. The lowest BCUT2D eigenvalue weighted by Gasteiger charge is -2.42. The lowest BCUT2D eigenvalue weighted by Crippen LogP contribution is -2.53. The van der Waals surface area contributed by atoms with Crippen molar-refractivity contribution in [3.05, 3.63) is 65.5 Å². The van der Waals surface area contributed by atoms with Gasteiger partial charge in [-0.05, 0) is 66.6 Å². The van der Waals surface area contributed by atoms with E-state index < -0.39 is 5.60 Å². The van der Waals surface area contributed by atoms with E-state index in [-0.39, 0.29) is 30.1 Å². The van der Waals surface area contributed by atoms with E-state index >= 15 is 0 Å². The van der Waals surface area contributed by atoms with Gasteiger partial charge >= 0.3 is 12.2 Å². The van der Waals surface area contributed by atoms with Crippen molar-refractivity contribution in [1.82, 2.24) is 14.7 Å². The lowest BCUT2D eigenvalue weighted by atomic mass is 9.81. The minimum atomic E-state index is -0.607. The number of benzene rings is 2. The topological polar surface area (TPSA) is 71.5 Å². The molecule has 0 saturated carbocycles. The van der Waals surface area contributed by atoms with Gasteiger partial charge in [-0.1, -0.05) is 52.0 Å². The van der Waals surface area contributed by atoms with E-state index in [0.717, 1.165) is 55.8 Å². The molecule has 0 bridgehead atoms. The van der Waals surface area contributed by atoms with Crippen molar-refractivity contribution >= 4 is 12.2 Å². The molecule has 5 rings (SSSR count). The quantitative estimate of drug-likeness (QED) is 0.294. The molecule has 1 unspecified atom stereocenters. The summed E-state index contributed by atoms with van der Waals surface area (Å²) in [4.78, 5) is 31.8. The molecule has 0 aliphatic carbocycles. The molecular formula is C34H46FN3O5. The summed E-state index contributed by atoms with van der Waals surface area (Å²) in [5.41, 5.74) is 1.38. The van der Waals surface area contributed by atoms with Crippen molar-refractivity contribution in [2.45, 2.75) is 77.6 Å². The van der Waals surface area contributed by atoms with Crippen LogP contribution in [0.4, 0.5) is 14.0 Å².